The van der Waals surface area contributed by atoms with Gasteiger partial charge >= 0.3 is 5.97 Å². The highest BCUT2D eigenvalue weighted by atomic mass is 16.5. The zero-order valence-corrected chi connectivity index (χ0v) is 23.1. The van der Waals surface area contributed by atoms with Crippen LogP contribution >= 0.6 is 0 Å². The molecule has 7 rings (SSSR count). The standard InChI is InChI=1S/C32H36N2O7/c35-23(17-6-2-1-3-7-17)16-41-32(40)22(34-30(38)26-20-11-12-21(15-20)27(26)31(34)39)8-4-5-13-33-28(36)24-18-9-10-19(14-18)25(24)29(33)37/h1-3,6-7,18-22,24-27H,4-5,8-16H2/t18-,19-,20-,21-,22-,24+,25+,26-,27+/m0/s1. The predicted molar refractivity (Wildman–Crippen MR) is 144 cm³/mol. The molecule has 0 spiro atoms. The van der Waals surface area contributed by atoms with Crippen molar-refractivity contribution in [2.75, 3.05) is 13.2 Å². The molecule has 0 N–H and O–H groups in total. The number of likely N-dealkylation sites (tertiary alicyclic amines) is 2. The van der Waals surface area contributed by atoms with Crippen LogP contribution < -0.4 is 0 Å². The minimum absolute atomic E-state index is 0.0595. The number of carbonyl (C=O) groups excluding carboxylic acids is 6. The van der Waals surface area contributed by atoms with Crippen molar-refractivity contribution in [1.82, 2.24) is 9.80 Å². The summed E-state index contributed by atoms with van der Waals surface area (Å²) in [5.74, 6) is -1.87. The second-order valence-corrected chi connectivity index (χ2v) is 13.1. The summed E-state index contributed by atoms with van der Waals surface area (Å²) in [6.07, 6.45) is 6.84. The van der Waals surface area contributed by atoms with Crippen molar-refractivity contribution in [2.45, 2.75) is 63.8 Å². The Kier molecular flexibility index (Phi) is 6.58. The Balaban J connectivity index is 1.02. The van der Waals surface area contributed by atoms with Crippen molar-refractivity contribution < 1.29 is 33.5 Å². The summed E-state index contributed by atoms with van der Waals surface area (Å²) in [5.41, 5.74) is 0.412. The van der Waals surface area contributed by atoms with Gasteiger partial charge in [-0.2, -0.15) is 0 Å². The molecule has 4 amide bonds. The van der Waals surface area contributed by atoms with E-state index in [1.807, 2.05) is 0 Å². The van der Waals surface area contributed by atoms with Crippen molar-refractivity contribution in [3.63, 3.8) is 0 Å². The number of carbonyl (C=O) groups is 6. The number of unbranched alkanes of at least 4 members (excludes halogenated alkanes) is 1. The summed E-state index contributed by atoms with van der Waals surface area (Å²) in [7, 11) is 0. The van der Waals surface area contributed by atoms with Crippen molar-refractivity contribution in [3.05, 3.63) is 35.9 Å². The number of hydrogen-bond donors (Lipinski definition) is 0. The van der Waals surface area contributed by atoms with Gasteiger partial charge in [-0.05, 0) is 81.5 Å². The average Bonchev–Trinajstić information content (AvgIpc) is 3.83. The van der Waals surface area contributed by atoms with Gasteiger partial charge in [0.1, 0.15) is 6.04 Å². The molecular weight excluding hydrogens is 524 g/mol. The Morgan fingerprint density at radius 2 is 1.24 bits per heavy atom. The van der Waals surface area contributed by atoms with Crippen LogP contribution in [0.25, 0.3) is 0 Å². The molecule has 9 atom stereocenters. The normalized spacial score (nSPS) is 35.4. The van der Waals surface area contributed by atoms with Gasteiger partial charge in [0.15, 0.2) is 12.4 Å². The highest BCUT2D eigenvalue weighted by molar-refractivity contribution is 6.09. The SMILES string of the molecule is O=C(COC(=O)[C@H](CCCCN1C(=O)[C@@H]2[C@H]3CC[C@@H](C3)[C@H]2C1=O)N1C(=O)[C@@H]2[C@H]3CC[C@@H](C3)[C@@H]2C1=O)c1ccccc1. The van der Waals surface area contributed by atoms with Gasteiger partial charge in [-0.1, -0.05) is 30.3 Å². The van der Waals surface area contributed by atoms with Gasteiger partial charge in [-0.3, -0.25) is 33.8 Å². The van der Waals surface area contributed by atoms with Crippen molar-refractivity contribution >= 4 is 35.4 Å². The van der Waals surface area contributed by atoms with E-state index >= 15 is 0 Å². The Hall–Kier alpha value is -3.36. The maximum absolute atomic E-state index is 13.5. The molecule has 0 radical (unpaired) electrons. The smallest absolute Gasteiger partial charge is 0.329 e. The minimum Gasteiger partial charge on any atom is -0.456 e. The lowest BCUT2D eigenvalue weighted by Gasteiger charge is -2.26. The first-order chi connectivity index (χ1) is 19.8. The fourth-order valence-electron chi connectivity index (χ4n) is 9.33. The van der Waals surface area contributed by atoms with Crippen molar-refractivity contribution in [1.29, 1.82) is 0 Å². The number of imide groups is 2. The first-order valence-corrected chi connectivity index (χ1v) is 15.3. The maximum Gasteiger partial charge on any atom is 0.329 e. The lowest BCUT2D eigenvalue weighted by molar-refractivity contribution is -0.159. The van der Waals surface area contributed by atoms with Crippen LogP contribution in [0.3, 0.4) is 0 Å². The number of ketones is 1. The lowest BCUT2D eigenvalue weighted by Crippen LogP contribution is -2.47. The minimum atomic E-state index is -1.12. The summed E-state index contributed by atoms with van der Waals surface area (Å²) in [6, 6.07) is 7.38. The summed E-state index contributed by atoms with van der Waals surface area (Å²) < 4.78 is 5.41. The van der Waals surface area contributed by atoms with E-state index in [1.165, 1.54) is 4.90 Å². The molecule has 0 aromatic heterocycles. The zero-order chi connectivity index (χ0) is 28.4. The molecule has 4 saturated carbocycles. The van der Waals surface area contributed by atoms with E-state index in [1.54, 1.807) is 30.3 Å². The van der Waals surface area contributed by atoms with Crippen LogP contribution in [0, 0.1) is 47.3 Å². The van der Waals surface area contributed by atoms with Crippen LogP contribution in [0.2, 0.25) is 0 Å². The Labute approximate surface area is 238 Å². The van der Waals surface area contributed by atoms with Gasteiger partial charge in [0.2, 0.25) is 23.6 Å². The fraction of sp³-hybridized carbons (Fsp3) is 0.625. The molecule has 2 aliphatic heterocycles. The second kappa shape index (κ2) is 10.2. The van der Waals surface area contributed by atoms with E-state index in [2.05, 4.69) is 0 Å². The number of nitrogens with zero attached hydrogens (tertiary/aromatic N) is 2. The molecule has 4 aliphatic carbocycles. The molecule has 2 heterocycles. The molecule has 6 aliphatic rings. The van der Waals surface area contributed by atoms with Crippen LogP contribution in [0.5, 0.6) is 0 Å². The van der Waals surface area contributed by atoms with Gasteiger partial charge in [0.05, 0.1) is 23.7 Å². The van der Waals surface area contributed by atoms with Crippen LogP contribution in [0.1, 0.15) is 68.1 Å². The van der Waals surface area contributed by atoms with Crippen LogP contribution in [-0.2, 0) is 28.7 Å². The number of ether oxygens (including phenoxy) is 1. The summed E-state index contributed by atoms with van der Waals surface area (Å²) >= 11 is 0. The number of esters is 1. The Bertz CT molecular complexity index is 1250. The number of Topliss-reactive ketones (excluding diaryl/α,β-unsaturated/α-hetero) is 1. The third-order valence-electron chi connectivity index (χ3n) is 11.1. The Morgan fingerprint density at radius 1 is 0.732 bits per heavy atom. The van der Waals surface area contributed by atoms with Crippen LogP contribution in [0.4, 0.5) is 0 Å². The highest BCUT2D eigenvalue weighted by Crippen LogP contribution is 2.57. The van der Waals surface area contributed by atoms with Crippen LogP contribution in [0.15, 0.2) is 30.3 Å². The molecule has 9 heteroatoms. The second-order valence-electron chi connectivity index (χ2n) is 13.1. The molecular formula is C32H36N2O7. The Morgan fingerprint density at radius 3 is 1.78 bits per heavy atom. The molecule has 2 saturated heterocycles. The average molecular weight is 561 g/mol. The topological polar surface area (TPSA) is 118 Å². The predicted octanol–water partition coefficient (Wildman–Crippen LogP) is 3.01. The monoisotopic (exact) mass is 560 g/mol. The molecule has 41 heavy (non-hydrogen) atoms. The molecule has 1 aromatic carbocycles. The van der Waals surface area contributed by atoms with Gasteiger partial charge in [0.25, 0.3) is 0 Å². The quantitative estimate of drug-likeness (QED) is 0.187. The van der Waals surface area contributed by atoms with E-state index in [-0.39, 0.29) is 77.9 Å². The molecule has 4 bridgehead atoms. The molecule has 216 valence electrons. The van der Waals surface area contributed by atoms with Gasteiger partial charge in [0, 0.05) is 12.1 Å². The van der Waals surface area contributed by atoms with E-state index in [0.29, 0.717) is 30.2 Å². The molecule has 1 aromatic rings. The fourth-order valence-corrected chi connectivity index (χ4v) is 9.33. The third kappa shape index (κ3) is 4.17. The first kappa shape index (κ1) is 26.5. The van der Waals surface area contributed by atoms with Gasteiger partial charge in [-0.25, -0.2) is 4.79 Å². The third-order valence-corrected chi connectivity index (χ3v) is 11.1. The van der Waals surface area contributed by atoms with E-state index in [0.717, 1.165) is 43.4 Å². The lowest BCUT2D eigenvalue weighted by atomic mass is 9.81. The summed E-state index contributed by atoms with van der Waals surface area (Å²) in [6.45, 7) is -0.203. The molecule has 6 fully saturated rings. The van der Waals surface area contributed by atoms with E-state index in [4.69, 9.17) is 4.74 Å². The van der Waals surface area contributed by atoms with Gasteiger partial charge < -0.3 is 4.74 Å². The van der Waals surface area contributed by atoms with Crippen molar-refractivity contribution in [2.24, 2.45) is 47.3 Å². The molecule has 9 nitrogen and oxygen atoms in total. The summed E-state index contributed by atoms with van der Waals surface area (Å²) in [5, 5.41) is 0. The van der Waals surface area contributed by atoms with Crippen molar-refractivity contribution in [3.8, 4) is 0 Å². The first-order valence-electron chi connectivity index (χ1n) is 15.3. The number of rotatable bonds is 10. The highest BCUT2D eigenvalue weighted by Gasteiger charge is 2.63. The number of amides is 4. The molecule has 0 unspecified atom stereocenters. The van der Waals surface area contributed by atoms with Crippen LogP contribution in [-0.4, -0.2) is 64.4 Å². The van der Waals surface area contributed by atoms with E-state index < -0.39 is 18.6 Å². The largest absolute Gasteiger partial charge is 0.456 e. The number of benzene rings is 1. The number of hydrogen-bond acceptors (Lipinski definition) is 7. The van der Waals surface area contributed by atoms with Gasteiger partial charge in [-0.15, -0.1) is 0 Å². The number of fused-ring (bicyclic) bond motifs is 10. The zero-order valence-electron chi connectivity index (χ0n) is 23.1. The summed E-state index contributed by atoms with van der Waals surface area (Å²) in [4.78, 5) is 81.7. The maximum atomic E-state index is 13.5. The van der Waals surface area contributed by atoms with E-state index in [9.17, 15) is 28.8 Å².